The molecule has 2 rings (SSSR count). The van der Waals surface area contributed by atoms with E-state index >= 15 is 0 Å². The number of carbonyl (C=O) groups is 2. The highest BCUT2D eigenvalue weighted by Crippen LogP contribution is 2.17. The predicted molar refractivity (Wildman–Crippen MR) is 53.6 cm³/mol. The molecule has 0 bridgehead atoms. The molecule has 0 radical (unpaired) electrons. The van der Waals surface area contributed by atoms with E-state index in [9.17, 15) is 9.59 Å². The van der Waals surface area contributed by atoms with Crippen molar-refractivity contribution in [3.63, 3.8) is 0 Å². The van der Waals surface area contributed by atoms with Crippen LogP contribution in [0.2, 0.25) is 0 Å². The summed E-state index contributed by atoms with van der Waals surface area (Å²) >= 11 is 0. The number of hydrogen-bond donors (Lipinski definition) is 0. The molecule has 0 heterocycles. The normalized spacial score (nSPS) is 24.9. The molecule has 0 amide bonds. The summed E-state index contributed by atoms with van der Waals surface area (Å²) in [4.78, 5) is 22.9. The van der Waals surface area contributed by atoms with E-state index in [2.05, 4.69) is 0 Å². The molecule has 2 aliphatic rings. The second-order valence-corrected chi connectivity index (χ2v) is 2.99. The molecule has 0 aromatic carbocycles. The molecule has 0 spiro atoms. The Balaban J connectivity index is 2.50. The Labute approximate surface area is 81.6 Å². The van der Waals surface area contributed by atoms with Crippen molar-refractivity contribution in [2.75, 3.05) is 0 Å². The summed E-state index contributed by atoms with van der Waals surface area (Å²) in [6, 6.07) is 0. The van der Waals surface area contributed by atoms with Crippen molar-refractivity contribution in [2.24, 2.45) is 0 Å². The monoisotopic (exact) mass is 184 g/mol. The van der Waals surface area contributed by atoms with E-state index in [1.807, 2.05) is 0 Å². The van der Waals surface area contributed by atoms with Gasteiger partial charge in [-0.1, -0.05) is 36.5 Å². The van der Waals surface area contributed by atoms with Gasteiger partial charge >= 0.3 is 0 Å². The SMILES string of the molecule is O=C1C=CC=C/C1=C1\C=CC=CC1=O. The fourth-order valence-corrected chi connectivity index (χ4v) is 1.38. The Morgan fingerprint density at radius 2 is 0.929 bits per heavy atom. The van der Waals surface area contributed by atoms with E-state index in [1.165, 1.54) is 12.2 Å². The number of allylic oxidation sites excluding steroid dienone is 10. The minimum Gasteiger partial charge on any atom is -0.289 e. The van der Waals surface area contributed by atoms with Crippen LogP contribution in [0.4, 0.5) is 0 Å². The van der Waals surface area contributed by atoms with Crippen molar-refractivity contribution in [3.05, 3.63) is 59.8 Å². The predicted octanol–water partition coefficient (Wildman–Crippen LogP) is 1.67. The fraction of sp³-hybridized carbons (Fsp3) is 0. The summed E-state index contributed by atoms with van der Waals surface area (Å²) in [5, 5.41) is 0. The number of carbonyl (C=O) groups excluding carboxylic acids is 2. The molecule has 2 aliphatic carbocycles. The first-order chi connectivity index (χ1) is 6.79. The van der Waals surface area contributed by atoms with E-state index in [-0.39, 0.29) is 11.6 Å². The van der Waals surface area contributed by atoms with Gasteiger partial charge in [0, 0.05) is 11.1 Å². The minimum atomic E-state index is -0.115. The minimum absolute atomic E-state index is 0.115. The Morgan fingerprint density at radius 3 is 1.29 bits per heavy atom. The topological polar surface area (TPSA) is 34.1 Å². The standard InChI is InChI=1S/C12H8O2/c13-11-7-3-1-5-9(11)10-6-2-4-8-12(10)14/h1-8H/b10-9-. The van der Waals surface area contributed by atoms with Crippen LogP contribution in [0.1, 0.15) is 0 Å². The quantitative estimate of drug-likeness (QED) is 0.537. The average Bonchev–Trinajstić information content (AvgIpc) is 2.20. The molecule has 0 aromatic heterocycles. The second-order valence-electron chi connectivity index (χ2n) is 2.99. The number of ketones is 2. The van der Waals surface area contributed by atoms with Crippen molar-refractivity contribution in [1.82, 2.24) is 0 Å². The summed E-state index contributed by atoms with van der Waals surface area (Å²) in [6.45, 7) is 0. The van der Waals surface area contributed by atoms with Gasteiger partial charge < -0.3 is 0 Å². The highest BCUT2D eigenvalue weighted by atomic mass is 16.1. The molecule has 68 valence electrons. The summed E-state index contributed by atoms with van der Waals surface area (Å²) in [7, 11) is 0. The zero-order valence-electron chi connectivity index (χ0n) is 7.44. The summed E-state index contributed by atoms with van der Waals surface area (Å²) < 4.78 is 0. The zero-order chi connectivity index (χ0) is 9.97. The lowest BCUT2D eigenvalue weighted by Crippen LogP contribution is -2.09. The third-order valence-corrected chi connectivity index (χ3v) is 2.06. The Hall–Kier alpha value is -1.96. The molecule has 2 heteroatoms. The van der Waals surface area contributed by atoms with Crippen molar-refractivity contribution in [1.29, 1.82) is 0 Å². The van der Waals surface area contributed by atoms with E-state index < -0.39 is 0 Å². The van der Waals surface area contributed by atoms with Crippen LogP contribution in [0.25, 0.3) is 0 Å². The molecule has 0 aromatic rings. The van der Waals surface area contributed by atoms with Gasteiger partial charge in [0.15, 0.2) is 11.6 Å². The molecule has 0 saturated heterocycles. The highest BCUT2D eigenvalue weighted by Gasteiger charge is 2.15. The van der Waals surface area contributed by atoms with Gasteiger partial charge in [-0.25, -0.2) is 0 Å². The maximum atomic E-state index is 11.4. The van der Waals surface area contributed by atoms with Gasteiger partial charge in [-0.15, -0.1) is 0 Å². The van der Waals surface area contributed by atoms with Crippen molar-refractivity contribution in [2.45, 2.75) is 0 Å². The Kier molecular flexibility index (Phi) is 2.11. The molecule has 0 fully saturated rings. The number of rotatable bonds is 0. The van der Waals surface area contributed by atoms with Gasteiger partial charge in [-0.3, -0.25) is 9.59 Å². The molecule has 0 aliphatic heterocycles. The lowest BCUT2D eigenvalue weighted by Gasteiger charge is -2.07. The molecule has 0 unspecified atom stereocenters. The maximum Gasteiger partial charge on any atom is 0.186 e. The van der Waals surface area contributed by atoms with Crippen LogP contribution in [-0.4, -0.2) is 11.6 Å². The zero-order valence-corrected chi connectivity index (χ0v) is 7.44. The number of hydrogen-bond acceptors (Lipinski definition) is 2. The first-order valence-electron chi connectivity index (χ1n) is 4.31. The van der Waals surface area contributed by atoms with E-state index in [1.54, 1.807) is 36.5 Å². The molecule has 0 atom stereocenters. The van der Waals surface area contributed by atoms with Gasteiger partial charge in [0.2, 0.25) is 0 Å². The first-order valence-corrected chi connectivity index (χ1v) is 4.31. The van der Waals surface area contributed by atoms with Crippen LogP contribution in [0.3, 0.4) is 0 Å². The lowest BCUT2D eigenvalue weighted by molar-refractivity contribution is -0.113. The molecule has 0 saturated carbocycles. The first kappa shape index (κ1) is 8.63. The van der Waals surface area contributed by atoms with Crippen LogP contribution in [0.5, 0.6) is 0 Å². The van der Waals surface area contributed by atoms with Gasteiger partial charge in [0.05, 0.1) is 0 Å². The van der Waals surface area contributed by atoms with E-state index in [4.69, 9.17) is 0 Å². The van der Waals surface area contributed by atoms with Gasteiger partial charge in [0.25, 0.3) is 0 Å². The van der Waals surface area contributed by atoms with Crippen LogP contribution in [0, 0.1) is 0 Å². The van der Waals surface area contributed by atoms with Gasteiger partial charge in [-0.05, 0) is 12.2 Å². The van der Waals surface area contributed by atoms with Crippen LogP contribution in [-0.2, 0) is 9.59 Å². The third-order valence-electron chi connectivity index (χ3n) is 2.06. The molecule has 0 N–H and O–H groups in total. The maximum absolute atomic E-state index is 11.4. The van der Waals surface area contributed by atoms with E-state index in [0.29, 0.717) is 11.1 Å². The molecular formula is C12H8O2. The molecule has 14 heavy (non-hydrogen) atoms. The van der Waals surface area contributed by atoms with Gasteiger partial charge in [0.1, 0.15) is 0 Å². The summed E-state index contributed by atoms with van der Waals surface area (Å²) in [6.07, 6.45) is 13.1. The van der Waals surface area contributed by atoms with Crippen molar-refractivity contribution >= 4 is 11.6 Å². The Bertz CT molecular complexity index is 401. The molecular weight excluding hydrogens is 176 g/mol. The van der Waals surface area contributed by atoms with Crippen molar-refractivity contribution in [3.8, 4) is 0 Å². The lowest BCUT2D eigenvalue weighted by atomic mass is 9.95. The third kappa shape index (κ3) is 1.42. The Morgan fingerprint density at radius 1 is 0.571 bits per heavy atom. The van der Waals surface area contributed by atoms with Crippen molar-refractivity contribution < 1.29 is 9.59 Å². The largest absolute Gasteiger partial charge is 0.289 e. The summed E-state index contributed by atoms with van der Waals surface area (Å²) in [5.74, 6) is -0.230. The highest BCUT2D eigenvalue weighted by molar-refractivity contribution is 6.17. The van der Waals surface area contributed by atoms with Crippen LogP contribution >= 0.6 is 0 Å². The van der Waals surface area contributed by atoms with Crippen LogP contribution in [0.15, 0.2) is 59.8 Å². The fourth-order valence-electron chi connectivity index (χ4n) is 1.38. The van der Waals surface area contributed by atoms with Crippen LogP contribution < -0.4 is 0 Å². The summed E-state index contributed by atoms with van der Waals surface area (Å²) in [5.41, 5.74) is 0.941. The average molecular weight is 184 g/mol. The molecule has 2 nitrogen and oxygen atoms in total. The van der Waals surface area contributed by atoms with Gasteiger partial charge in [-0.2, -0.15) is 0 Å². The van der Waals surface area contributed by atoms with E-state index in [0.717, 1.165) is 0 Å². The second kappa shape index (κ2) is 3.42. The smallest absolute Gasteiger partial charge is 0.186 e.